The first-order valence-corrected chi connectivity index (χ1v) is 23.9. The molecule has 66 heavy (non-hydrogen) atoms. The summed E-state index contributed by atoms with van der Waals surface area (Å²) in [4.78, 5) is 40.1. The molecule has 2 aliphatic heterocycles. The zero-order valence-electron chi connectivity index (χ0n) is 37.6. The third-order valence-electron chi connectivity index (χ3n) is 9.89. The van der Waals surface area contributed by atoms with E-state index in [0.717, 1.165) is 29.5 Å². The van der Waals surface area contributed by atoms with E-state index in [1.807, 2.05) is 78.8 Å². The molecule has 0 radical (unpaired) electrons. The summed E-state index contributed by atoms with van der Waals surface area (Å²) >= 11 is -0.174. The molecule has 3 unspecified atom stereocenters. The summed E-state index contributed by atoms with van der Waals surface area (Å²) < 4.78 is 49.1. The van der Waals surface area contributed by atoms with Crippen LogP contribution in [0.25, 0.3) is 69.2 Å². The Morgan fingerprint density at radius 3 is 1.32 bits per heavy atom. The number of rotatable bonds is 10. The Morgan fingerprint density at radius 1 is 0.682 bits per heavy atom. The number of hydrogen-bond acceptors (Lipinski definition) is 15. The minimum atomic E-state index is -2.28. The Kier molecular flexibility index (Phi) is 20.3. The molecular weight excluding hydrogens is 970 g/mol. The normalized spacial score (nSPS) is 19.3. The molecule has 0 saturated heterocycles. The van der Waals surface area contributed by atoms with Crippen molar-refractivity contribution in [3.8, 4) is 0 Å². The van der Waals surface area contributed by atoms with E-state index < -0.39 is 15.8 Å². The largest absolute Gasteiger partial charge is 2.00 e. The zero-order chi connectivity index (χ0) is 47.4. The van der Waals surface area contributed by atoms with E-state index in [1.165, 1.54) is 12.2 Å². The molecule has 7 rings (SSSR count). The first-order valence-electron chi connectivity index (χ1n) is 20.4. The molecule has 0 saturated carbocycles. The molecular formula is C46H50N8O7S4Zn. The van der Waals surface area contributed by atoms with Gasteiger partial charge < -0.3 is 58.3 Å². The number of aliphatic hydroxyl groups excluding tert-OH is 2. The van der Waals surface area contributed by atoms with Gasteiger partial charge in [-0.3, -0.25) is 0 Å². The van der Waals surface area contributed by atoms with E-state index in [2.05, 4.69) is 0 Å². The Balaban J connectivity index is 0.000000980. The molecule has 342 valence electrons. The van der Waals surface area contributed by atoms with Gasteiger partial charge in [0, 0.05) is 72.3 Å². The summed E-state index contributed by atoms with van der Waals surface area (Å²) in [6.07, 6.45) is 27.8. The Hall–Kier alpha value is -4.76. The molecule has 3 atom stereocenters. The fraction of sp³-hybridized carbons (Fsp3) is 0.261. The van der Waals surface area contributed by atoms with Gasteiger partial charge in [-0.15, -0.1) is 0 Å². The fourth-order valence-electron chi connectivity index (χ4n) is 6.21. The number of hydrogen-bond donors (Lipinski definition) is 6. The molecule has 0 aromatic carbocycles. The quantitative estimate of drug-likeness (QED) is 0.0478. The Bertz CT molecular complexity index is 2660. The van der Waals surface area contributed by atoms with Crippen molar-refractivity contribution in [2.75, 3.05) is 0 Å². The van der Waals surface area contributed by atoms with Crippen LogP contribution in [-0.4, -0.2) is 77.8 Å². The molecule has 8 bridgehead atoms. The minimum absolute atomic E-state index is 0. The zero-order valence-corrected chi connectivity index (χ0v) is 43.8. The van der Waals surface area contributed by atoms with Crippen molar-refractivity contribution >= 4 is 116 Å². The minimum Gasteiger partial charge on any atom is -0.516 e. The first-order chi connectivity index (χ1) is 31.3. The third-order valence-corrected chi connectivity index (χ3v) is 12.4. The number of aromatic nitrogens is 8. The average Bonchev–Trinajstić information content (AvgIpc) is 3.92. The molecule has 0 spiro atoms. The van der Waals surface area contributed by atoms with E-state index in [4.69, 9.17) is 44.4 Å². The van der Waals surface area contributed by atoms with Gasteiger partial charge >= 0.3 is 19.5 Å². The fourth-order valence-corrected chi connectivity index (χ4v) is 6.98. The van der Waals surface area contributed by atoms with Crippen molar-refractivity contribution in [2.24, 2.45) is 5.92 Å². The van der Waals surface area contributed by atoms with E-state index in [9.17, 15) is 28.1 Å². The molecule has 0 fully saturated rings. The molecule has 6 N–H and O–H groups in total. The van der Waals surface area contributed by atoms with Gasteiger partial charge in [-0.25, -0.2) is 14.2 Å². The van der Waals surface area contributed by atoms with E-state index in [1.54, 1.807) is 55.5 Å². The van der Waals surface area contributed by atoms with Crippen LogP contribution in [0.4, 0.5) is 0 Å². The second-order valence-corrected chi connectivity index (χ2v) is 18.5. The molecule has 4 aliphatic rings. The maximum Gasteiger partial charge on any atom is 2.00 e. The van der Waals surface area contributed by atoms with E-state index in [-0.39, 0.29) is 70.1 Å². The van der Waals surface area contributed by atoms with Crippen LogP contribution in [-0.2, 0) is 30.6 Å². The summed E-state index contributed by atoms with van der Waals surface area (Å²) in [6.45, 7) is 15.0. The van der Waals surface area contributed by atoms with Crippen molar-refractivity contribution < 1.29 is 52.1 Å². The second kappa shape index (κ2) is 24.8. The Labute approximate surface area is 412 Å². The number of aliphatic hydroxyl groups is 2. The van der Waals surface area contributed by atoms with Gasteiger partial charge in [0.1, 0.15) is 4.75 Å². The third kappa shape index (κ3) is 12.4. The molecule has 20 heteroatoms. The standard InChI is InChI=1S/C40H36N8O6S3.C4H8OS.C2H6.Zn/c1-21-5-9-24-25(10-6-21)33-41-32(24)42-34-26(11-7-22(2)55-51)30(15-19-49)38(44-34)47-36-28-13-17-40(4,57(53)54)18-14-29(28)37(46-36)48-39-31(16-20-50)27(35(43-33)45-39)12-8-23(3)56-52;1-3-4(2)6-5;1-2;/h5-23H,1-4H3,(H5-2,41,42,43,44,45,46,47,48,49,50,51,52,53,54);3,5H,1-2H3;1-2H3;/q-2;;;+2/b11-7-,12-8-;4-3+;;. The molecule has 0 amide bonds. The van der Waals surface area contributed by atoms with Crippen LogP contribution in [0.15, 0.2) is 84.3 Å². The van der Waals surface area contributed by atoms with Gasteiger partial charge in [-0.1, -0.05) is 99.8 Å². The maximum absolute atomic E-state index is 12.5. The molecule has 3 aromatic rings. The van der Waals surface area contributed by atoms with Gasteiger partial charge in [-0.2, -0.15) is 0 Å². The SMILES string of the molecule is C/C=C(\C)SO.CC.CC1C=CC2=C(C=C1)c1nc2nc2[n-]c(nc3nc(nc4[n-]c(n1)c(/C=C\C(C)SO)c4/C=C\O)C1=C3C=CC(C)(S(=O)O)C=C1)c(/C=C\O)c2/C=C\C(C)SO.[Zn+2]. The summed E-state index contributed by atoms with van der Waals surface area (Å²) in [5.41, 5.74) is 4.75. The Morgan fingerprint density at radius 2 is 1.03 bits per heavy atom. The maximum atomic E-state index is 12.5. The average molecular weight is 1020 g/mol. The van der Waals surface area contributed by atoms with Crippen LogP contribution in [0.2, 0.25) is 0 Å². The van der Waals surface area contributed by atoms with Gasteiger partial charge in [0.05, 0.1) is 35.8 Å². The summed E-state index contributed by atoms with van der Waals surface area (Å²) in [5.74, 6) is 1.01. The number of allylic oxidation sites excluding steroid dienone is 12. The second-order valence-electron chi connectivity index (χ2n) is 14.4. The van der Waals surface area contributed by atoms with Crippen LogP contribution < -0.4 is 9.97 Å². The van der Waals surface area contributed by atoms with Crippen LogP contribution in [0.3, 0.4) is 0 Å². The summed E-state index contributed by atoms with van der Waals surface area (Å²) in [5, 5.41) is 19.6. The monoisotopic (exact) mass is 1020 g/mol. The topological polar surface area (TPSA) is 244 Å². The molecule has 3 aromatic heterocycles. The van der Waals surface area contributed by atoms with Crippen LogP contribution >= 0.6 is 36.1 Å². The van der Waals surface area contributed by atoms with Gasteiger partial charge in [0.25, 0.3) is 0 Å². The predicted octanol–water partition coefficient (Wildman–Crippen LogP) is 11.3. The van der Waals surface area contributed by atoms with Crippen LogP contribution in [0.1, 0.15) is 101 Å². The number of fused-ring (bicyclic) bond motifs is 12. The predicted molar refractivity (Wildman–Crippen MR) is 270 cm³/mol. The molecule has 15 nitrogen and oxygen atoms in total. The summed E-state index contributed by atoms with van der Waals surface area (Å²) in [7, 11) is 0. The van der Waals surface area contributed by atoms with Crippen molar-refractivity contribution in [3.05, 3.63) is 130 Å². The smallest absolute Gasteiger partial charge is 0.516 e. The molecule has 5 heterocycles. The van der Waals surface area contributed by atoms with Crippen LogP contribution in [0.5, 0.6) is 0 Å². The number of nitrogens with zero attached hydrogens (tertiary/aromatic N) is 8. The van der Waals surface area contributed by atoms with Crippen molar-refractivity contribution in [1.29, 1.82) is 0 Å². The summed E-state index contributed by atoms with van der Waals surface area (Å²) in [6, 6.07) is 0. The van der Waals surface area contributed by atoms with Crippen LogP contribution in [0, 0.1) is 5.92 Å². The van der Waals surface area contributed by atoms with Gasteiger partial charge in [-0.05, 0) is 99.0 Å². The van der Waals surface area contributed by atoms with Crippen molar-refractivity contribution in [1.82, 2.24) is 39.9 Å². The first kappa shape index (κ1) is 53.9. The van der Waals surface area contributed by atoms with Crippen molar-refractivity contribution in [2.45, 2.75) is 70.6 Å². The van der Waals surface area contributed by atoms with Crippen molar-refractivity contribution in [3.63, 3.8) is 0 Å². The van der Waals surface area contributed by atoms with E-state index >= 15 is 0 Å². The van der Waals surface area contributed by atoms with E-state index in [0.29, 0.717) is 80.3 Å². The molecule has 2 aliphatic carbocycles. The van der Waals surface area contributed by atoms with Gasteiger partial charge in [0.15, 0.2) is 11.1 Å². The van der Waals surface area contributed by atoms with Gasteiger partial charge in [0.2, 0.25) is 0 Å².